The third-order valence-corrected chi connectivity index (χ3v) is 3.56. The van der Waals surface area contributed by atoms with Gasteiger partial charge in [0.15, 0.2) is 5.69 Å². The first-order valence-corrected chi connectivity index (χ1v) is 6.90. The minimum atomic E-state index is -1.07. The number of imidazole rings is 1. The number of H-pyrrole nitrogens is 1. The predicted molar refractivity (Wildman–Crippen MR) is 79.3 cm³/mol. The minimum Gasteiger partial charge on any atom is -0.496 e. The van der Waals surface area contributed by atoms with Gasteiger partial charge in [0.2, 0.25) is 0 Å². The molecule has 2 N–H and O–H groups in total. The number of halogens is 1. The highest BCUT2D eigenvalue weighted by Gasteiger charge is 2.17. The van der Waals surface area contributed by atoms with Crippen molar-refractivity contribution in [2.75, 3.05) is 7.11 Å². The summed E-state index contributed by atoms with van der Waals surface area (Å²) in [5.74, 6) is 0.547. The van der Waals surface area contributed by atoms with Gasteiger partial charge in [-0.3, -0.25) is 0 Å². The van der Waals surface area contributed by atoms with Gasteiger partial charge in [-0.2, -0.15) is 0 Å². The maximum atomic E-state index is 11.0. The van der Waals surface area contributed by atoms with Crippen LogP contribution in [0.4, 0.5) is 0 Å². The van der Waals surface area contributed by atoms with Gasteiger partial charge >= 0.3 is 5.97 Å². The van der Waals surface area contributed by atoms with Crippen LogP contribution >= 0.6 is 15.9 Å². The van der Waals surface area contributed by atoms with Crippen LogP contribution in [0, 0.1) is 0 Å². The Balaban J connectivity index is 2.50. The van der Waals surface area contributed by atoms with E-state index in [-0.39, 0.29) is 5.69 Å². The second-order valence-electron chi connectivity index (χ2n) is 4.66. The molecule has 0 radical (unpaired) electrons. The van der Waals surface area contributed by atoms with E-state index in [4.69, 9.17) is 9.84 Å². The number of nitrogens with one attached hydrogen (secondary N) is 1. The van der Waals surface area contributed by atoms with Crippen LogP contribution < -0.4 is 4.74 Å². The molecule has 0 saturated carbocycles. The number of aromatic nitrogens is 2. The smallest absolute Gasteiger partial charge is 0.357 e. The van der Waals surface area contributed by atoms with Crippen LogP contribution in [0.2, 0.25) is 0 Å². The van der Waals surface area contributed by atoms with Crippen molar-refractivity contribution in [3.05, 3.63) is 34.1 Å². The molecule has 0 unspecified atom stereocenters. The molecule has 6 heteroatoms. The van der Waals surface area contributed by atoms with Crippen molar-refractivity contribution >= 4 is 21.9 Å². The first kappa shape index (κ1) is 14.6. The number of hydrogen-bond donors (Lipinski definition) is 2. The summed E-state index contributed by atoms with van der Waals surface area (Å²) in [5, 5.41) is 9.02. The highest BCUT2D eigenvalue weighted by atomic mass is 79.9. The van der Waals surface area contributed by atoms with Crippen LogP contribution in [0.25, 0.3) is 11.4 Å². The van der Waals surface area contributed by atoms with Gasteiger partial charge in [-0.05, 0) is 45.6 Å². The molecule has 2 aromatic rings. The van der Waals surface area contributed by atoms with Crippen molar-refractivity contribution in [3.63, 3.8) is 0 Å². The van der Waals surface area contributed by atoms with Gasteiger partial charge < -0.3 is 14.8 Å². The zero-order valence-corrected chi connectivity index (χ0v) is 13.0. The monoisotopic (exact) mass is 338 g/mol. The molecule has 5 nitrogen and oxygen atoms in total. The SMILES string of the molecule is COc1ccc(-c2nc(C(=O)O)c(Br)[nH]2)cc1C(C)C. The molecular formula is C14H15BrN2O3. The van der Waals surface area contributed by atoms with E-state index in [0.29, 0.717) is 16.3 Å². The third-order valence-electron chi connectivity index (χ3n) is 2.99. The number of carboxylic acid groups (broad SMARTS) is 1. The topological polar surface area (TPSA) is 75.2 Å². The number of methoxy groups -OCH3 is 1. The summed E-state index contributed by atoms with van der Waals surface area (Å²) in [5.41, 5.74) is 1.85. The maximum Gasteiger partial charge on any atom is 0.357 e. The van der Waals surface area contributed by atoms with Gasteiger partial charge in [-0.15, -0.1) is 0 Å². The first-order chi connectivity index (χ1) is 9.43. The average molecular weight is 339 g/mol. The highest BCUT2D eigenvalue weighted by molar-refractivity contribution is 9.10. The normalized spacial score (nSPS) is 10.8. The molecule has 0 bridgehead atoms. The second kappa shape index (κ2) is 5.66. The second-order valence-corrected chi connectivity index (χ2v) is 5.46. The minimum absolute atomic E-state index is 0.0260. The van der Waals surface area contributed by atoms with E-state index >= 15 is 0 Å². The number of aromatic carboxylic acids is 1. The van der Waals surface area contributed by atoms with Crippen molar-refractivity contribution in [2.24, 2.45) is 0 Å². The summed E-state index contributed by atoms with van der Waals surface area (Å²) < 4.78 is 5.69. The van der Waals surface area contributed by atoms with E-state index < -0.39 is 5.97 Å². The number of aromatic amines is 1. The first-order valence-electron chi connectivity index (χ1n) is 6.11. The molecule has 106 valence electrons. The summed E-state index contributed by atoms with van der Waals surface area (Å²) in [6.45, 7) is 4.14. The summed E-state index contributed by atoms with van der Waals surface area (Å²) in [4.78, 5) is 18.0. The zero-order valence-electron chi connectivity index (χ0n) is 11.4. The van der Waals surface area contributed by atoms with Crippen LogP contribution in [0.5, 0.6) is 5.75 Å². The van der Waals surface area contributed by atoms with Gasteiger partial charge in [0.05, 0.1) is 7.11 Å². The molecule has 0 aliphatic heterocycles. The maximum absolute atomic E-state index is 11.0. The fourth-order valence-corrected chi connectivity index (χ4v) is 2.41. The molecule has 0 saturated heterocycles. The Morgan fingerprint density at radius 2 is 2.15 bits per heavy atom. The molecule has 0 aliphatic rings. The molecule has 0 fully saturated rings. The predicted octanol–water partition coefficient (Wildman–Crippen LogP) is 3.67. The van der Waals surface area contributed by atoms with E-state index in [1.165, 1.54) is 0 Å². The molecule has 1 aromatic carbocycles. The number of ether oxygens (including phenoxy) is 1. The molecular weight excluding hydrogens is 324 g/mol. The van der Waals surface area contributed by atoms with Crippen molar-refractivity contribution in [1.82, 2.24) is 9.97 Å². The van der Waals surface area contributed by atoms with Gasteiger partial charge in [0.25, 0.3) is 0 Å². The summed E-state index contributed by atoms with van der Waals surface area (Å²) in [7, 11) is 1.63. The number of nitrogens with zero attached hydrogens (tertiary/aromatic N) is 1. The van der Waals surface area contributed by atoms with Crippen LogP contribution in [0.3, 0.4) is 0 Å². The largest absolute Gasteiger partial charge is 0.496 e. The summed E-state index contributed by atoms with van der Waals surface area (Å²) in [6, 6.07) is 5.67. The van der Waals surface area contributed by atoms with Crippen molar-refractivity contribution in [2.45, 2.75) is 19.8 Å². The zero-order chi connectivity index (χ0) is 14.9. The number of rotatable bonds is 4. The highest BCUT2D eigenvalue weighted by Crippen LogP contribution is 2.31. The number of benzene rings is 1. The van der Waals surface area contributed by atoms with Gasteiger partial charge in [-0.1, -0.05) is 13.8 Å². The van der Waals surface area contributed by atoms with Gasteiger partial charge in [0, 0.05) is 5.56 Å². The quantitative estimate of drug-likeness (QED) is 0.891. The van der Waals surface area contributed by atoms with Crippen LogP contribution in [0.15, 0.2) is 22.8 Å². The molecule has 0 spiro atoms. The number of carboxylic acids is 1. The lowest BCUT2D eigenvalue weighted by molar-refractivity contribution is 0.0690. The van der Waals surface area contributed by atoms with Crippen LogP contribution in [0.1, 0.15) is 35.8 Å². The van der Waals surface area contributed by atoms with Crippen molar-refractivity contribution < 1.29 is 14.6 Å². The molecule has 1 heterocycles. The summed E-state index contributed by atoms with van der Waals surface area (Å²) in [6.07, 6.45) is 0. The molecule has 2 rings (SSSR count). The van der Waals surface area contributed by atoms with E-state index in [9.17, 15) is 4.79 Å². The van der Waals surface area contributed by atoms with E-state index in [1.807, 2.05) is 18.2 Å². The Morgan fingerprint density at radius 3 is 2.65 bits per heavy atom. The van der Waals surface area contributed by atoms with Crippen molar-refractivity contribution in [3.8, 4) is 17.1 Å². The van der Waals surface area contributed by atoms with E-state index in [0.717, 1.165) is 16.9 Å². The fourth-order valence-electron chi connectivity index (χ4n) is 1.96. The number of hydrogen-bond acceptors (Lipinski definition) is 3. The fraction of sp³-hybridized carbons (Fsp3) is 0.286. The van der Waals surface area contributed by atoms with E-state index in [2.05, 4.69) is 39.7 Å². The van der Waals surface area contributed by atoms with Crippen molar-refractivity contribution in [1.29, 1.82) is 0 Å². The third kappa shape index (κ3) is 2.70. The lowest BCUT2D eigenvalue weighted by atomic mass is 9.99. The van der Waals surface area contributed by atoms with Gasteiger partial charge in [-0.25, -0.2) is 9.78 Å². The van der Waals surface area contributed by atoms with E-state index in [1.54, 1.807) is 7.11 Å². The summed E-state index contributed by atoms with van der Waals surface area (Å²) >= 11 is 3.17. The van der Waals surface area contributed by atoms with Crippen LogP contribution in [-0.4, -0.2) is 28.2 Å². The number of carbonyl (C=O) groups is 1. The van der Waals surface area contributed by atoms with Crippen LogP contribution in [-0.2, 0) is 0 Å². The molecule has 1 aromatic heterocycles. The molecule has 0 aliphatic carbocycles. The van der Waals surface area contributed by atoms with Gasteiger partial charge in [0.1, 0.15) is 16.2 Å². The lowest BCUT2D eigenvalue weighted by Gasteiger charge is -2.12. The Labute approximate surface area is 125 Å². The lowest BCUT2D eigenvalue weighted by Crippen LogP contribution is -1.97. The Bertz CT molecular complexity index is 650. The molecule has 20 heavy (non-hydrogen) atoms. The average Bonchev–Trinajstić information content (AvgIpc) is 2.80. The molecule has 0 atom stereocenters. The Kier molecular flexibility index (Phi) is 4.13. The Hall–Kier alpha value is -1.82. The standard InChI is InChI=1S/C14H15BrN2O3/c1-7(2)9-6-8(4-5-10(9)20-3)13-16-11(14(18)19)12(15)17-13/h4-7H,1-3H3,(H,16,17)(H,18,19). The Morgan fingerprint density at radius 1 is 1.45 bits per heavy atom. The molecule has 0 amide bonds.